The fourth-order valence-electron chi connectivity index (χ4n) is 2.42. The number of benzene rings is 2. The molecule has 0 saturated heterocycles. The molecule has 0 aliphatic rings. The fraction of sp³-hybridized carbons (Fsp3) is 0.100. The standard InChI is InChI=1S/C20H16F3N5O2S/c21-20(22,23)31-17-8-1-14(2-9-17)3-10-18(29)25-11-19(30)27-15-4-6-16(7-5-15)28-13-24-12-26-28/h1-10,12-13H,11H2,(H,25,29)(H,27,30)/b10-3+. The summed E-state index contributed by atoms with van der Waals surface area (Å²) in [5.74, 6) is -0.922. The number of hydrogen-bond acceptors (Lipinski definition) is 5. The van der Waals surface area contributed by atoms with Gasteiger partial charge in [-0.1, -0.05) is 12.1 Å². The highest BCUT2D eigenvalue weighted by molar-refractivity contribution is 8.00. The SMILES string of the molecule is O=C(/C=C/c1ccc(SC(F)(F)F)cc1)NCC(=O)Nc1ccc(-n2cncn2)cc1. The van der Waals surface area contributed by atoms with Gasteiger partial charge < -0.3 is 10.6 Å². The van der Waals surface area contributed by atoms with Gasteiger partial charge in [-0.05, 0) is 59.8 Å². The molecule has 0 radical (unpaired) electrons. The highest BCUT2D eigenvalue weighted by Gasteiger charge is 2.28. The number of nitrogens with one attached hydrogen (secondary N) is 2. The summed E-state index contributed by atoms with van der Waals surface area (Å²) in [6, 6.07) is 12.5. The van der Waals surface area contributed by atoms with Crippen molar-refractivity contribution < 1.29 is 22.8 Å². The Morgan fingerprint density at radius 3 is 2.39 bits per heavy atom. The molecule has 0 unspecified atom stereocenters. The van der Waals surface area contributed by atoms with Gasteiger partial charge in [0.1, 0.15) is 12.7 Å². The monoisotopic (exact) mass is 447 g/mol. The Bertz CT molecular complexity index is 1050. The number of aromatic nitrogens is 3. The Labute approximate surface area is 179 Å². The Kier molecular flexibility index (Phi) is 7.08. The van der Waals surface area contributed by atoms with Crippen LogP contribution < -0.4 is 10.6 Å². The van der Waals surface area contributed by atoms with Gasteiger partial charge in [0.25, 0.3) is 0 Å². The zero-order chi connectivity index (χ0) is 22.3. The van der Waals surface area contributed by atoms with E-state index in [2.05, 4.69) is 20.7 Å². The van der Waals surface area contributed by atoms with Crippen LogP contribution in [0.5, 0.6) is 0 Å². The third-order valence-corrected chi connectivity index (χ3v) is 4.54. The first kappa shape index (κ1) is 22.1. The topological polar surface area (TPSA) is 88.9 Å². The van der Waals surface area contributed by atoms with Crippen molar-refractivity contribution in [2.75, 3.05) is 11.9 Å². The van der Waals surface area contributed by atoms with E-state index in [1.807, 2.05) is 0 Å². The number of hydrogen-bond donors (Lipinski definition) is 2. The maximum atomic E-state index is 12.3. The van der Waals surface area contributed by atoms with E-state index < -0.39 is 17.3 Å². The molecule has 3 aromatic rings. The lowest BCUT2D eigenvalue weighted by molar-refractivity contribution is -0.121. The summed E-state index contributed by atoms with van der Waals surface area (Å²) in [5.41, 5.74) is -2.47. The number of carbonyl (C=O) groups is 2. The van der Waals surface area contributed by atoms with Crippen molar-refractivity contribution in [3.05, 3.63) is 72.8 Å². The molecule has 160 valence electrons. The van der Waals surface area contributed by atoms with Crippen LogP contribution in [0, 0.1) is 0 Å². The summed E-state index contributed by atoms with van der Waals surface area (Å²) < 4.78 is 38.5. The van der Waals surface area contributed by atoms with Crippen LogP contribution in [0.15, 0.2) is 72.2 Å². The molecular weight excluding hydrogens is 431 g/mol. The van der Waals surface area contributed by atoms with Gasteiger partial charge in [-0.25, -0.2) is 9.67 Å². The van der Waals surface area contributed by atoms with Crippen molar-refractivity contribution in [2.45, 2.75) is 10.4 Å². The van der Waals surface area contributed by atoms with Crippen LogP contribution in [0.4, 0.5) is 18.9 Å². The van der Waals surface area contributed by atoms with E-state index in [4.69, 9.17) is 0 Å². The average molecular weight is 447 g/mol. The average Bonchev–Trinajstić information content (AvgIpc) is 3.26. The van der Waals surface area contributed by atoms with Crippen molar-refractivity contribution in [1.82, 2.24) is 20.1 Å². The van der Waals surface area contributed by atoms with Crippen LogP contribution in [0.1, 0.15) is 5.56 Å². The van der Waals surface area contributed by atoms with Crippen molar-refractivity contribution >= 4 is 35.3 Å². The molecule has 2 N–H and O–H groups in total. The largest absolute Gasteiger partial charge is 0.446 e. The van der Waals surface area contributed by atoms with E-state index in [0.29, 0.717) is 11.3 Å². The molecule has 0 aliphatic heterocycles. The van der Waals surface area contributed by atoms with Crippen LogP contribution in [-0.2, 0) is 9.59 Å². The zero-order valence-corrected chi connectivity index (χ0v) is 16.7. The lowest BCUT2D eigenvalue weighted by atomic mass is 10.2. The van der Waals surface area contributed by atoms with Crippen molar-refractivity contribution in [2.24, 2.45) is 0 Å². The number of nitrogens with zero attached hydrogens (tertiary/aromatic N) is 3. The minimum absolute atomic E-state index is 0.0556. The van der Waals surface area contributed by atoms with E-state index in [1.165, 1.54) is 42.7 Å². The molecule has 2 amide bonds. The molecule has 0 bridgehead atoms. The number of carbonyl (C=O) groups excluding carboxylic acids is 2. The Morgan fingerprint density at radius 2 is 1.77 bits per heavy atom. The van der Waals surface area contributed by atoms with Crippen molar-refractivity contribution in [1.29, 1.82) is 0 Å². The molecule has 0 spiro atoms. The lowest BCUT2D eigenvalue weighted by Gasteiger charge is -2.07. The summed E-state index contributed by atoms with van der Waals surface area (Å²) in [7, 11) is 0. The molecule has 0 aliphatic carbocycles. The van der Waals surface area contributed by atoms with E-state index >= 15 is 0 Å². The molecule has 31 heavy (non-hydrogen) atoms. The number of anilines is 1. The van der Waals surface area contributed by atoms with Crippen LogP contribution in [-0.4, -0.2) is 38.6 Å². The minimum Gasteiger partial charge on any atom is -0.343 e. The molecule has 1 aromatic heterocycles. The quantitative estimate of drug-likeness (QED) is 0.426. The number of thioether (sulfide) groups is 1. The van der Waals surface area contributed by atoms with Crippen LogP contribution in [0.25, 0.3) is 11.8 Å². The van der Waals surface area contributed by atoms with E-state index in [-0.39, 0.29) is 23.2 Å². The maximum Gasteiger partial charge on any atom is 0.446 e. The summed E-state index contributed by atoms with van der Waals surface area (Å²) in [5, 5.41) is 9.09. The van der Waals surface area contributed by atoms with Gasteiger partial charge in [0.15, 0.2) is 0 Å². The molecule has 7 nitrogen and oxygen atoms in total. The molecule has 0 fully saturated rings. The van der Waals surface area contributed by atoms with Gasteiger partial charge in [-0.2, -0.15) is 18.3 Å². The Hall–Kier alpha value is -3.60. The van der Waals surface area contributed by atoms with Gasteiger partial charge >= 0.3 is 5.51 Å². The zero-order valence-electron chi connectivity index (χ0n) is 15.8. The van der Waals surface area contributed by atoms with Gasteiger partial charge in [0, 0.05) is 16.7 Å². The molecule has 0 saturated carbocycles. The smallest absolute Gasteiger partial charge is 0.343 e. The predicted octanol–water partition coefficient (Wildman–Crippen LogP) is 3.65. The Balaban J connectivity index is 1.44. The van der Waals surface area contributed by atoms with Gasteiger partial charge in [0.2, 0.25) is 11.8 Å². The predicted molar refractivity (Wildman–Crippen MR) is 110 cm³/mol. The van der Waals surface area contributed by atoms with E-state index in [9.17, 15) is 22.8 Å². The van der Waals surface area contributed by atoms with Gasteiger partial charge in [-0.3, -0.25) is 9.59 Å². The lowest BCUT2D eigenvalue weighted by Crippen LogP contribution is -2.31. The number of alkyl halides is 3. The first-order valence-corrected chi connectivity index (χ1v) is 9.67. The second-order valence-electron chi connectivity index (χ2n) is 6.10. The van der Waals surface area contributed by atoms with Crippen molar-refractivity contribution in [3.8, 4) is 5.69 Å². The second kappa shape index (κ2) is 9.94. The third kappa shape index (κ3) is 7.30. The van der Waals surface area contributed by atoms with E-state index in [1.54, 1.807) is 35.3 Å². The third-order valence-electron chi connectivity index (χ3n) is 3.80. The fourth-order valence-corrected chi connectivity index (χ4v) is 2.96. The first-order valence-electron chi connectivity index (χ1n) is 8.85. The molecule has 3 rings (SSSR count). The highest BCUT2D eigenvalue weighted by Crippen LogP contribution is 2.36. The molecule has 0 atom stereocenters. The van der Waals surface area contributed by atoms with Crippen LogP contribution in [0.3, 0.4) is 0 Å². The number of amides is 2. The summed E-state index contributed by atoms with van der Waals surface area (Å²) in [6.45, 7) is -0.241. The molecule has 1 heterocycles. The van der Waals surface area contributed by atoms with Crippen molar-refractivity contribution in [3.63, 3.8) is 0 Å². The highest BCUT2D eigenvalue weighted by atomic mass is 32.2. The number of rotatable bonds is 7. The van der Waals surface area contributed by atoms with Crippen LogP contribution in [0.2, 0.25) is 0 Å². The van der Waals surface area contributed by atoms with Gasteiger partial charge in [-0.15, -0.1) is 0 Å². The Morgan fingerprint density at radius 1 is 1.06 bits per heavy atom. The van der Waals surface area contributed by atoms with E-state index in [0.717, 1.165) is 5.69 Å². The molecule has 11 heteroatoms. The summed E-state index contributed by atoms with van der Waals surface area (Å²) >= 11 is -0.209. The summed E-state index contributed by atoms with van der Waals surface area (Å²) in [4.78, 5) is 27.8. The normalized spacial score (nSPS) is 11.5. The van der Waals surface area contributed by atoms with Gasteiger partial charge in [0.05, 0.1) is 12.2 Å². The molecular formula is C20H16F3N5O2S. The maximum absolute atomic E-state index is 12.3. The first-order chi connectivity index (χ1) is 14.8. The summed E-state index contributed by atoms with van der Waals surface area (Å²) in [6.07, 6.45) is 5.60. The molecule has 2 aromatic carbocycles. The minimum atomic E-state index is -4.35. The number of halogens is 3. The van der Waals surface area contributed by atoms with Crippen LogP contribution >= 0.6 is 11.8 Å². The second-order valence-corrected chi connectivity index (χ2v) is 7.24.